The Morgan fingerprint density at radius 2 is 1.52 bits per heavy atom. The lowest BCUT2D eigenvalue weighted by Crippen LogP contribution is -2.32. The Balaban J connectivity index is 2.36. The molecule has 2 aromatic carbocycles. The molecule has 0 spiro atoms. The summed E-state index contributed by atoms with van der Waals surface area (Å²) in [7, 11) is -3.66. The van der Waals surface area contributed by atoms with Crippen molar-refractivity contribution in [3.8, 4) is 0 Å². The van der Waals surface area contributed by atoms with Crippen LogP contribution in [0.1, 0.15) is 25.5 Å². The summed E-state index contributed by atoms with van der Waals surface area (Å²) >= 11 is 0. The summed E-state index contributed by atoms with van der Waals surface area (Å²) in [5, 5.41) is 0. The van der Waals surface area contributed by atoms with Gasteiger partial charge in [0.25, 0.3) is 0 Å². The van der Waals surface area contributed by atoms with Crippen molar-refractivity contribution in [2.45, 2.75) is 24.8 Å². The number of para-hydroxylation sites is 1. The summed E-state index contributed by atoms with van der Waals surface area (Å²) in [5.74, 6) is 0.118. The average Bonchev–Trinajstić information content (AvgIpc) is 2.46. The summed E-state index contributed by atoms with van der Waals surface area (Å²) in [6.45, 7) is 3.96. The van der Waals surface area contributed by atoms with E-state index in [0.717, 1.165) is 5.56 Å². The zero-order valence-corrected chi connectivity index (χ0v) is 13.0. The molecule has 0 aliphatic carbocycles. The van der Waals surface area contributed by atoms with Gasteiger partial charge in [0.05, 0.1) is 5.69 Å². The monoisotopic (exact) mass is 304 g/mol. The summed E-state index contributed by atoms with van der Waals surface area (Å²) in [6.07, 6.45) is 0. The summed E-state index contributed by atoms with van der Waals surface area (Å²) in [4.78, 5) is 0.117. The van der Waals surface area contributed by atoms with Gasteiger partial charge in [0, 0.05) is 6.04 Å². The first-order valence-corrected chi connectivity index (χ1v) is 8.32. The molecule has 1 unspecified atom stereocenters. The highest BCUT2D eigenvalue weighted by Gasteiger charge is 2.25. The molecule has 0 amide bonds. The van der Waals surface area contributed by atoms with Gasteiger partial charge < -0.3 is 5.73 Å². The third-order valence-corrected chi connectivity index (χ3v) is 4.83. The van der Waals surface area contributed by atoms with Gasteiger partial charge in [-0.15, -0.1) is 0 Å². The van der Waals surface area contributed by atoms with Crippen LogP contribution in [-0.2, 0) is 10.0 Å². The number of nitrogen functional groups attached to an aromatic ring is 1. The first-order valence-electron chi connectivity index (χ1n) is 6.83. The van der Waals surface area contributed by atoms with Gasteiger partial charge in [0.2, 0.25) is 10.0 Å². The van der Waals surface area contributed by atoms with Gasteiger partial charge in [-0.2, -0.15) is 0 Å². The number of anilines is 1. The number of hydrogen-bond donors (Lipinski definition) is 2. The Hall–Kier alpha value is -1.85. The van der Waals surface area contributed by atoms with Crippen molar-refractivity contribution in [1.82, 2.24) is 4.72 Å². The van der Waals surface area contributed by atoms with Crippen LogP contribution in [-0.4, -0.2) is 8.42 Å². The number of nitrogens with one attached hydrogen (secondary N) is 1. The predicted molar refractivity (Wildman–Crippen MR) is 85.2 cm³/mol. The summed E-state index contributed by atoms with van der Waals surface area (Å²) in [6, 6.07) is 15.7. The van der Waals surface area contributed by atoms with Crippen LogP contribution in [0.4, 0.5) is 5.69 Å². The second kappa shape index (κ2) is 6.28. The number of hydrogen-bond acceptors (Lipinski definition) is 3. The average molecular weight is 304 g/mol. The summed E-state index contributed by atoms with van der Waals surface area (Å²) < 4.78 is 27.9. The highest BCUT2D eigenvalue weighted by atomic mass is 32.2. The van der Waals surface area contributed by atoms with Crippen LogP contribution < -0.4 is 10.5 Å². The van der Waals surface area contributed by atoms with Gasteiger partial charge in [-0.1, -0.05) is 56.3 Å². The van der Waals surface area contributed by atoms with Crippen molar-refractivity contribution in [3.05, 3.63) is 60.2 Å². The van der Waals surface area contributed by atoms with Crippen molar-refractivity contribution in [2.75, 3.05) is 5.73 Å². The lowest BCUT2D eigenvalue weighted by molar-refractivity contribution is 0.463. The quantitative estimate of drug-likeness (QED) is 0.834. The number of rotatable bonds is 5. The van der Waals surface area contributed by atoms with Crippen LogP contribution in [0.3, 0.4) is 0 Å². The molecule has 0 saturated heterocycles. The highest BCUT2D eigenvalue weighted by molar-refractivity contribution is 7.89. The number of sulfonamides is 1. The molecule has 0 saturated carbocycles. The van der Waals surface area contributed by atoms with Crippen LogP contribution in [0.2, 0.25) is 0 Å². The highest BCUT2D eigenvalue weighted by Crippen LogP contribution is 2.25. The summed E-state index contributed by atoms with van der Waals surface area (Å²) in [5.41, 5.74) is 6.96. The molecule has 21 heavy (non-hydrogen) atoms. The zero-order chi connectivity index (χ0) is 15.5. The fourth-order valence-corrected chi connectivity index (χ4v) is 3.71. The molecular formula is C16H20N2O2S. The maximum atomic E-state index is 12.6. The molecule has 0 fully saturated rings. The SMILES string of the molecule is CC(C)C(NS(=O)(=O)c1ccccc1N)c1ccccc1. The minimum atomic E-state index is -3.66. The molecule has 2 aromatic rings. The van der Waals surface area contributed by atoms with Gasteiger partial charge in [0.15, 0.2) is 0 Å². The largest absolute Gasteiger partial charge is 0.398 e. The molecular weight excluding hydrogens is 284 g/mol. The number of nitrogens with two attached hydrogens (primary N) is 1. The normalized spacial score (nSPS) is 13.3. The van der Waals surface area contributed by atoms with Crippen LogP contribution in [0, 0.1) is 5.92 Å². The minimum absolute atomic E-state index is 0.117. The van der Waals surface area contributed by atoms with Crippen molar-refractivity contribution >= 4 is 15.7 Å². The van der Waals surface area contributed by atoms with Crippen LogP contribution in [0.25, 0.3) is 0 Å². The predicted octanol–water partition coefficient (Wildman–Crippen LogP) is 2.94. The van der Waals surface area contributed by atoms with Gasteiger partial charge in [-0.05, 0) is 23.6 Å². The Labute approximate surface area is 126 Å². The molecule has 0 aromatic heterocycles. The minimum Gasteiger partial charge on any atom is -0.398 e. The van der Waals surface area contributed by atoms with Gasteiger partial charge >= 0.3 is 0 Å². The Bertz CT molecular complexity index is 697. The van der Waals surface area contributed by atoms with Crippen molar-refractivity contribution < 1.29 is 8.42 Å². The van der Waals surface area contributed by atoms with Crippen molar-refractivity contribution in [2.24, 2.45) is 5.92 Å². The van der Waals surface area contributed by atoms with Gasteiger partial charge in [-0.25, -0.2) is 13.1 Å². The van der Waals surface area contributed by atoms with E-state index in [0.29, 0.717) is 0 Å². The molecule has 0 aliphatic heterocycles. The van der Waals surface area contributed by atoms with E-state index in [1.165, 1.54) is 6.07 Å². The Morgan fingerprint density at radius 1 is 0.952 bits per heavy atom. The molecule has 112 valence electrons. The Kier molecular flexibility index (Phi) is 4.65. The lowest BCUT2D eigenvalue weighted by atomic mass is 9.97. The second-order valence-corrected chi connectivity index (χ2v) is 6.97. The lowest BCUT2D eigenvalue weighted by Gasteiger charge is -2.23. The molecule has 0 radical (unpaired) electrons. The van der Waals surface area contributed by atoms with Gasteiger partial charge in [0.1, 0.15) is 4.90 Å². The van der Waals surface area contributed by atoms with Crippen LogP contribution in [0.5, 0.6) is 0 Å². The smallest absolute Gasteiger partial charge is 0.243 e. The molecule has 3 N–H and O–H groups in total. The second-order valence-electron chi connectivity index (χ2n) is 5.29. The fraction of sp³-hybridized carbons (Fsp3) is 0.250. The molecule has 2 rings (SSSR count). The van der Waals surface area contributed by atoms with E-state index in [1.54, 1.807) is 18.2 Å². The molecule has 5 heteroatoms. The fourth-order valence-electron chi connectivity index (χ4n) is 2.21. The van der Waals surface area contributed by atoms with E-state index in [1.807, 2.05) is 44.2 Å². The van der Waals surface area contributed by atoms with Crippen molar-refractivity contribution in [3.63, 3.8) is 0 Å². The van der Waals surface area contributed by atoms with Crippen LogP contribution in [0.15, 0.2) is 59.5 Å². The molecule has 1 atom stereocenters. The molecule has 0 aliphatic rings. The van der Waals surface area contributed by atoms with E-state index in [2.05, 4.69) is 4.72 Å². The molecule has 4 nitrogen and oxygen atoms in total. The van der Waals surface area contributed by atoms with Crippen molar-refractivity contribution in [1.29, 1.82) is 0 Å². The first kappa shape index (κ1) is 15.5. The third kappa shape index (κ3) is 3.62. The van der Waals surface area contributed by atoms with Gasteiger partial charge in [-0.3, -0.25) is 0 Å². The molecule has 0 heterocycles. The van der Waals surface area contributed by atoms with E-state index in [4.69, 9.17) is 5.73 Å². The standard InChI is InChI=1S/C16H20N2O2S/c1-12(2)16(13-8-4-3-5-9-13)18-21(19,20)15-11-7-6-10-14(15)17/h3-12,16,18H,17H2,1-2H3. The molecule has 0 bridgehead atoms. The maximum Gasteiger partial charge on any atom is 0.243 e. The van der Waals surface area contributed by atoms with E-state index < -0.39 is 10.0 Å². The van der Waals surface area contributed by atoms with Crippen LogP contribution >= 0.6 is 0 Å². The van der Waals surface area contributed by atoms with E-state index in [9.17, 15) is 8.42 Å². The maximum absolute atomic E-state index is 12.6. The number of benzene rings is 2. The first-order chi connectivity index (χ1) is 9.92. The van der Waals surface area contributed by atoms with E-state index in [-0.39, 0.29) is 22.5 Å². The Morgan fingerprint density at radius 3 is 2.10 bits per heavy atom. The third-order valence-electron chi connectivity index (χ3n) is 3.32. The topological polar surface area (TPSA) is 72.2 Å². The van der Waals surface area contributed by atoms with E-state index >= 15 is 0 Å². The zero-order valence-electron chi connectivity index (χ0n) is 12.2.